The van der Waals surface area contributed by atoms with Gasteiger partial charge in [0.2, 0.25) is 5.91 Å². The molecule has 0 unspecified atom stereocenters. The van der Waals surface area contributed by atoms with Crippen molar-refractivity contribution in [3.8, 4) is 5.75 Å². The van der Waals surface area contributed by atoms with Gasteiger partial charge >= 0.3 is 0 Å². The number of fused-ring (bicyclic) bond motifs is 1. The molecular weight excluding hydrogens is 450 g/mol. The third kappa shape index (κ3) is 6.71. The van der Waals surface area contributed by atoms with Crippen molar-refractivity contribution in [1.29, 1.82) is 0 Å². The third-order valence-corrected chi connectivity index (χ3v) is 8.11. The maximum atomic E-state index is 13.3. The molecule has 0 aliphatic rings. The van der Waals surface area contributed by atoms with Gasteiger partial charge in [-0.15, -0.1) is 11.8 Å². The number of aromatic nitrogens is 1. The molecule has 1 aromatic heterocycles. The number of thioether (sulfide) groups is 1. The van der Waals surface area contributed by atoms with E-state index in [2.05, 4.69) is 56.9 Å². The second-order valence-corrected chi connectivity index (χ2v) is 10.2. The minimum absolute atomic E-state index is 0.141. The van der Waals surface area contributed by atoms with E-state index in [1.165, 1.54) is 10.5 Å². The summed E-state index contributed by atoms with van der Waals surface area (Å²) >= 11 is 3.39. The van der Waals surface area contributed by atoms with Crippen LogP contribution in [0.2, 0.25) is 0 Å². The molecule has 0 saturated carbocycles. The Bertz CT molecular complexity index is 1050. The fourth-order valence-corrected chi connectivity index (χ4v) is 5.62. The van der Waals surface area contributed by atoms with Gasteiger partial charge in [0.05, 0.1) is 11.8 Å². The smallest absolute Gasteiger partial charge is 0.228 e. The number of nitrogens with zero attached hydrogens (tertiary/aromatic N) is 3. The first-order valence-corrected chi connectivity index (χ1v) is 13.4. The summed E-state index contributed by atoms with van der Waals surface area (Å²) < 4.78 is 6.61. The summed E-state index contributed by atoms with van der Waals surface area (Å²) in [6, 6.07) is 12.6. The van der Waals surface area contributed by atoms with E-state index in [4.69, 9.17) is 9.72 Å². The molecule has 7 heteroatoms. The molecule has 2 aromatic carbocycles. The van der Waals surface area contributed by atoms with Crippen molar-refractivity contribution < 1.29 is 9.53 Å². The summed E-state index contributed by atoms with van der Waals surface area (Å²) in [6.45, 7) is 11.9. The van der Waals surface area contributed by atoms with Crippen LogP contribution in [0.4, 0.5) is 5.13 Å². The lowest BCUT2D eigenvalue weighted by Crippen LogP contribution is -2.38. The number of ether oxygens (including phenoxy) is 1. The van der Waals surface area contributed by atoms with Gasteiger partial charge in [-0.1, -0.05) is 48.9 Å². The highest BCUT2D eigenvalue weighted by atomic mass is 32.2. The van der Waals surface area contributed by atoms with Crippen molar-refractivity contribution in [1.82, 2.24) is 9.88 Å². The lowest BCUT2D eigenvalue weighted by Gasteiger charge is -2.24. The molecule has 0 bridgehead atoms. The van der Waals surface area contributed by atoms with Gasteiger partial charge in [0.25, 0.3) is 0 Å². The van der Waals surface area contributed by atoms with Crippen LogP contribution < -0.4 is 9.64 Å². The van der Waals surface area contributed by atoms with Gasteiger partial charge in [0, 0.05) is 24.4 Å². The van der Waals surface area contributed by atoms with E-state index < -0.39 is 0 Å². The van der Waals surface area contributed by atoms with Gasteiger partial charge in [-0.25, -0.2) is 4.98 Å². The highest BCUT2D eigenvalue weighted by Crippen LogP contribution is 2.36. The van der Waals surface area contributed by atoms with E-state index in [0.717, 1.165) is 58.5 Å². The first kappa shape index (κ1) is 25.5. The van der Waals surface area contributed by atoms with Crippen LogP contribution in [0.5, 0.6) is 5.75 Å². The number of carbonyl (C=O) groups is 1. The maximum absolute atomic E-state index is 13.3. The number of benzene rings is 2. The molecule has 0 aliphatic carbocycles. The van der Waals surface area contributed by atoms with E-state index in [9.17, 15) is 4.79 Å². The number of carbonyl (C=O) groups excluding carboxylic acids is 1. The van der Waals surface area contributed by atoms with E-state index in [-0.39, 0.29) is 5.91 Å². The molecule has 0 atom stereocenters. The van der Waals surface area contributed by atoms with Crippen molar-refractivity contribution in [2.45, 2.75) is 45.4 Å². The first-order chi connectivity index (χ1) is 16.0. The normalized spacial score (nSPS) is 11.3. The molecule has 0 saturated heterocycles. The molecule has 0 N–H and O–H groups in total. The van der Waals surface area contributed by atoms with Crippen molar-refractivity contribution in [3.63, 3.8) is 0 Å². The van der Waals surface area contributed by atoms with Crippen LogP contribution in [0, 0.1) is 13.8 Å². The molecule has 3 rings (SSSR count). The minimum Gasteiger partial charge on any atom is -0.494 e. The topological polar surface area (TPSA) is 45.7 Å². The van der Waals surface area contributed by atoms with Crippen molar-refractivity contribution >= 4 is 44.4 Å². The van der Waals surface area contributed by atoms with Gasteiger partial charge in [0.15, 0.2) is 5.13 Å². The molecule has 33 heavy (non-hydrogen) atoms. The van der Waals surface area contributed by atoms with E-state index >= 15 is 0 Å². The van der Waals surface area contributed by atoms with Gasteiger partial charge in [-0.3, -0.25) is 9.69 Å². The number of amides is 1. The minimum atomic E-state index is 0.141. The lowest BCUT2D eigenvalue weighted by atomic mass is 10.2. The van der Waals surface area contributed by atoms with E-state index in [1.54, 1.807) is 30.2 Å². The summed E-state index contributed by atoms with van der Waals surface area (Å²) in [5.74, 6) is 1.82. The monoisotopic (exact) mass is 485 g/mol. The second-order valence-electron chi connectivity index (χ2n) is 8.10. The Hall–Kier alpha value is -2.09. The Morgan fingerprint density at radius 1 is 1.06 bits per heavy atom. The number of hydrogen-bond acceptors (Lipinski definition) is 6. The molecule has 178 valence electrons. The van der Waals surface area contributed by atoms with Crippen LogP contribution >= 0.6 is 23.1 Å². The Morgan fingerprint density at radius 3 is 2.45 bits per heavy atom. The Kier molecular flexibility index (Phi) is 9.59. The molecular formula is C26H35N3O2S2. The van der Waals surface area contributed by atoms with Crippen LogP contribution in [-0.4, -0.2) is 54.8 Å². The predicted octanol–water partition coefficient (Wildman–Crippen LogP) is 6.17. The van der Waals surface area contributed by atoms with Crippen LogP contribution in [0.1, 0.15) is 37.8 Å². The lowest BCUT2D eigenvalue weighted by molar-refractivity contribution is -0.118. The zero-order valence-corrected chi connectivity index (χ0v) is 22.0. The van der Waals surface area contributed by atoms with Crippen molar-refractivity contribution in [2.24, 2.45) is 0 Å². The average Bonchev–Trinajstić information content (AvgIpc) is 3.27. The van der Waals surface area contributed by atoms with Crippen LogP contribution in [0.3, 0.4) is 0 Å². The average molecular weight is 486 g/mol. The summed E-state index contributed by atoms with van der Waals surface area (Å²) in [7, 11) is 1.66. The number of hydrogen-bond donors (Lipinski definition) is 0. The summed E-state index contributed by atoms with van der Waals surface area (Å²) in [5.41, 5.74) is 3.26. The van der Waals surface area contributed by atoms with Gasteiger partial charge in [-0.2, -0.15) is 0 Å². The number of aryl methyl sites for hydroxylation is 2. The van der Waals surface area contributed by atoms with Gasteiger partial charge in [0.1, 0.15) is 11.3 Å². The molecule has 1 heterocycles. The van der Waals surface area contributed by atoms with Gasteiger partial charge < -0.3 is 9.64 Å². The summed E-state index contributed by atoms with van der Waals surface area (Å²) in [4.78, 5) is 23.7. The number of thiazole rings is 1. The molecule has 1 amide bonds. The number of anilines is 1. The predicted molar refractivity (Wildman–Crippen MR) is 142 cm³/mol. The summed E-state index contributed by atoms with van der Waals surface area (Å²) in [6.07, 6.45) is 1.36. The molecule has 0 spiro atoms. The molecule has 0 radical (unpaired) electrons. The van der Waals surface area contributed by atoms with Crippen molar-refractivity contribution in [3.05, 3.63) is 47.5 Å². The van der Waals surface area contributed by atoms with Crippen LogP contribution in [0.15, 0.2) is 41.3 Å². The molecule has 0 aliphatic heterocycles. The molecule has 5 nitrogen and oxygen atoms in total. The quantitative estimate of drug-likeness (QED) is 0.227. The SMILES string of the molecule is CCN(CC)CCN(C(=O)CCCSc1ccc(C)cc1)c1nc2c(OC)ccc(C)c2s1. The largest absolute Gasteiger partial charge is 0.494 e. The fourth-order valence-electron chi connectivity index (χ4n) is 3.67. The van der Waals surface area contributed by atoms with Crippen LogP contribution in [-0.2, 0) is 4.79 Å². The Labute approximate surface area is 206 Å². The van der Waals surface area contributed by atoms with Gasteiger partial charge in [-0.05, 0) is 62.9 Å². The van der Waals surface area contributed by atoms with Crippen LogP contribution in [0.25, 0.3) is 10.2 Å². The fraction of sp³-hybridized carbons (Fsp3) is 0.462. The van der Waals surface area contributed by atoms with E-state index in [1.807, 2.05) is 17.0 Å². The molecule has 0 fully saturated rings. The number of rotatable bonds is 12. The maximum Gasteiger partial charge on any atom is 0.228 e. The standard InChI is InChI=1S/C26H35N3O2S2/c1-6-28(7-2)16-17-29(23(30)9-8-18-32-21-13-10-19(3)11-14-21)26-27-24-22(31-5)15-12-20(4)25(24)33-26/h10-15H,6-9,16-18H2,1-5H3. The molecule has 3 aromatic rings. The zero-order valence-electron chi connectivity index (χ0n) is 20.4. The first-order valence-electron chi connectivity index (χ1n) is 11.6. The zero-order chi connectivity index (χ0) is 23.8. The second kappa shape index (κ2) is 12.4. The highest BCUT2D eigenvalue weighted by molar-refractivity contribution is 7.99. The Morgan fingerprint density at radius 2 is 1.79 bits per heavy atom. The number of methoxy groups -OCH3 is 1. The third-order valence-electron chi connectivity index (χ3n) is 5.80. The Balaban J connectivity index is 1.73. The number of likely N-dealkylation sites (N-methyl/N-ethyl adjacent to an activating group) is 1. The summed E-state index contributed by atoms with van der Waals surface area (Å²) in [5, 5.41) is 0.765. The van der Waals surface area contributed by atoms with Crippen molar-refractivity contribution in [2.75, 3.05) is 43.9 Å². The highest BCUT2D eigenvalue weighted by Gasteiger charge is 2.22. The van der Waals surface area contributed by atoms with E-state index in [0.29, 0.717) is 13.0 Å².